The number of anilines is 1. The molecular formula is C13H9F4N2O-. The minimum absolute atomic E-state index is 0.0343. The van der Waals surface area contributed by atoms with Gasteiger partial charge in [-0.1, -0.05) is 6.07 Å². The Balaban J connectivity index is 2.11. The predicted molar refractivity (Wildman–Crippen MR) is 62.4 cm³/mol. The summed E-state index contributed by atoms with van der Waals surface area (Å²) in [5.74, 6) is -1.41. The highest BCUT2D eigenvalue weighted by atomic mass is 19.4. The van der Waals surface area contributed by atoms with E-state index in [-0.39, 0.29) is 12.1 Å². The van der Waals surface area contributed by atoms with Crippen LogP contribution < -0.4 is 10.4 Å². The summed E-state index contributed by atoms with van der Waals surface area (Å²) in [5, 5.41) is 13.7. The number of aromatic nitrogens is 1. The maximum Gasteiger partial charge on any atom is 0.416 e. The van der Waals surface area contributed by atoms with Crippen LogP contribution in [-0.2, 0) is 12.7 Å². The van der Waals surface area contributed by atoms with Crippen LogP contribution in [0.3, 0.4) is 0 Å². The van der Waals surface area contributed by atoms with Gasteiger partial charge in [0, 0.05) is 24.0 Å². The van der Waals surface area contributed by atoms with E-state index in [1.54, 1.807) is 0 Å². The molecule has 0 aliphatic rings. The molecule has 0 fully saturated rings. The second kappa shape index (κ2) is 5.36. The van der Waals surface area contributed by atoms with Crippen molar-refractivity contribution >= 4 is 5.69 Å². The number of nitrogens with zero attached hydrogens (tertiary/aromatic N) is 1. The molecule has 0 aliphatic heterocycles. The fourth-order valence-electron chi connectivity index (χ4n) is 1.58. The largest absolute Gasteiger partial charge is 0.859 e. The first-order valence-corrected chi connectivity index (χ1v) is 5.59. The first kappa shape index (κ1) is 14.1. The second-order valence-corrected chi connectivity index (χ2v) is 4.04. The van der Waals surface area contributed by atoms with Crippen molar-refractivity contribution in [1.29, 1.82) is 0 Å². The Kier molecular flexibility index (Phi) is 3.78. The first-order chi connectivity index (χ1) is 9.36. The smallest absolute Gasteiger partial charge is 0.416 e. The normalized spacial score (nSPS) is 11.4. The summed E-state index contributed by atoms with van der Waals surface area (Å²) < 4.78 is 50.7. The Bertz CT molecular complexity index is 614. The molecular weight excluding hydrogens is 276 g/mol. The monoisotopic (exact) mass is 285 g/mol. The summed E-state index contributed by atoms with van der Waals surface area (Å²) in [6.07, 6.45) is -3.29. The van der Waals surface area contributed by atoms with Crippen molar-refractivity contribution in [3.05, 3.63) is 53.5 Å². The molecule has 0 atom stereocenters. The van der Waals surface area contributed by atoms with Gasteiger partial charge in [0.2, 0.25) is 0 Å². The minimum atomic E-state index is -4.57. The molecule has 0 aliphatic carbocycles. The van der Waals surface area contributed by atoms with Gasteiger partial charge in [-0.25, -0.2) is 4.39 Å². The lowest BCUT2D eigenvalue weighted by Crippen LogP contribution is -2.08. The number of rotatable bonds is 3. The van der Waals surface area contributed by atoms with E-state index in [2.05, 4.69) is 10.3 Å². The van der Waals surface area contributed by atoms with Crippen LogP contribution in [0.4, 0.5) is 23.2 Å². The maximum atomic E-state index is 13.5. The SMILES string of the molecule is [O-]c1cc(NCc2ccc(C(F)(F)F)cc2F)ccn1. The van der Waals surface area contributed by atoms with Gasteiger partial charge in [-0.3, -0.25) is 4.98 Å². The lowest BCUT2D eigenvalue weighted by molar-refractivity contribution is -0.274. The number of hydrogen-bond acceptors (Lipinski definition) is 3. The lowest BCUT2D eigenvalue weighted by atomic mass is 10.1. The molecule has 7 heteroatoms. The summed E-state index contributed by atoms with van der Waals surface area (Å²) >= 11 is 0. The minimum Gasteiger partial charge on any atom is -0.859 e. The Hall–Kier alpha value is -2.31. The molecule has 0 amide bonds. The topological polar surface area (TPSA) is 48.0 Å². The average molecular weight is 285 g/mol. The molecule has 0 saturated carbocycles. The molecule has 0 radical (unpaired) electrons. The lowest BCUT2D eigenvalue weighted by Gasteiger charge is -2.12. The van der Waals surface area contributed by atoms with Crippen molar-refractivity contribution in [2.75, 3.05) is 5.32 Å². The van der Waals surface area contributed by atoms with Crippen molar-refractivity contribution in [1.82, 2.24) is 4.98 Å². The van der Waals surface area contributed by atoms with E-state index >= 15 is 0 Å². The first-order valence-electron chi connectivity index (χ1n) is 5.59. The zero-order chi connectivity index (χ0) is 14.8. The highest BCUT2D eigenvalue weighted by Gasteiger charge is 2.31. The van der Waals surface area contributed by atoms with Crippen LogP contribution in [0.2, 0.25) is 0 Å². The third-order valence-corrected chi connectivity index (χ3v) is 2.60. The van der Waals surface area contributed by atoms with Crippen molar-refractivity contribution in [2.24, 2.45) is 0 Å². The molecule has 1 aromatic heterocycles. The third kappa shape index (κ3) is 3.37. The van der Waals surface area contributed by atoms with Gasteiger partial charge in [0.25, 0.3) is 0 Å². The van der Waals surface area contributed by atoms with Crippen molar-refractivity contribution in [3.8, 4) is 5.88 Å². The van der Waals surface area contributed by atoms with E-state index in [9.17, 15) is 22.7 Å². The van der Waals surface area contributed by atoms with E-state index in [1.807, 2.05) is 0 Å². The van der Waals surface area contributed by atoms with Crippen LogP contribution in [0.25, 0.3) is 0 Å². The van der Waals surface area contributed by atoms with Gasteiger partial charge in [0.15, 0.2) is 0 Å². The summed E-state index contributed by atoms with van der Waals surface area (Å²) in [6, 6.07) is 5.03. The molecule has 3 nitrogen and oxygen atoms in total. The second-order valence-electron chi connectivity index (χ2n) is 4.04. The summed E-state index contributed by atoms with van der Waals surface area (Å²) in [5.41, 5.74) is -0.545. The molecule has 0 unspecified atom stereocenters. The highest BCUT2D eigenvalue weighted by molar-refractivity contribution is 5.45. The van der Waals surface area contributed by atoms with E-state index in [0.29, 0.717) is 11.8 Å². The number of alkyl halides is 3. The quantitative estimate of drug-likeness (QED) is 0.882. The molecule has 106 valence electrons. The number of hydrogen-bond donors (Lipinski definition) is 1. The maximum absolute atomic E-state index is 13.5. The molecule has 2 aromatic rings. The third-order valence-electron chi connectivity index (χ3n) is 2.60. The fourth-order valence-corrected chi connectivity index (χ4v) is 1.58. The van der Waals surface area contributed by atoms with Gasteiger partial charge in [-0.2, -0.15) is 13.2 Å². The number of benzene rings is 1. The van der Waals surface area contributed by atoms with E-state index in [0.717, 1.165) is 12.1 Å². The molecule has 0 saturated heterocycles. The molecule has 0 bridgehead atoms. The number of pyridine rings is 1. The van der Waals surface area contributed by atoms with Crippen molar-refractivity contribution in [2.45, 2.75) is 12.7 Å². The molecule has 20 heavy (non-hydrogen) atoms. The van der Waals surface area contributed by atoms with Crippen LogP contribution in [-0.4, -0.2) is 4.98 Å². The fraction of sp³-hybridized carbons (Fsp3) is 0.154. The zero-order valence-corrected chi connectivity index (χ0v) is 10.0. The van der Waals surface area contributed by atoms with Gasteiger partial charge in [0.05, 0.1) is 5.56 Å². The van der Waals surface area contributed by atoms with Crippen LogP contribution >= 0.6 is 0 Å². The van der Waals surface area contributed by atoms with Gasteiger partial charge in [-0.05, 0) is 30.1 Å². The van der Waals surface area contributed by atoms with E-state index < -0.39 is 23.4 Å². The molecule has 2 rings (SSSR count). The standard InChI is InChI=1S/C13H10F4N2O/c14-11-5-9(13(15,16)17)2-1-8(11)7-19-10-3-4-18-12(20)6-10/h1-6H,7H2,(H2,18,19,20)/p-1. The Morgan fingerprint density at radius 2 is 1.90 bits per heavy atom. The number of nitrogens with one attached hydrogen (secondary N) is 1. The Labute approximate surface area is 111 Å². The summed E-state index contributed by atoms with van der Waals surface area (Å²) in [6.45, 7) is -0.0343. The highest BCUT2D eigenvalue weighted by Crippen LogP contribution is 2.30. The van der Waals surface area contributed by atoms with Gasteiger partial charge in [0.1, 0.15) is 5.82 Å². The average Bonchev–Trinajstić information content (AvgIpc) is 2.36. The molecule has 1 N–H and O–H groups in total. The number of halogens is 4. The molecule has 0 spiro atoms. The van der Waals surface area contributed by atoms with E-state index in [4.69, 9.17) is 0 Å². The van der Waals surface area contributed by atoms with Gasteiger partial charge in [-0.15, -0.1) is 0 Å². The predicted octanol–water partition coefficient (Wildman–Crippen LogP) is 2.93. The van der Waals surface area contributed by atoms with Crippen LogP contribution in [0.5, 0.6) is 5.88 Å². The molecule has 1 aromatic carbocycles. The van der Waals surface area contributed by atoms with E-state index in [1.165, 1.54) is 18.3 Å². The Morgan fingerprint density at radius 1 is 1.15 bits per heavy atom. The van der Waals surface area contributed by atoms with Crippen LogP contribution in [0, 0.1) is 5.82 Å². The van der Waals surface area contributed by atoms with Crippen LogP contribution in [0.1, 0.15) is 11.1 Å². The van der Waals surface area contributed by atoms with Gasteiger partial charge >= 0.3 is 6.18 Å². The summed E-state index contributed by atoms with van der Waals surface area (Å²) in [4.78, 5) is 3.46. The van der Waals surface area contributed by atoms with Gasteiger partial charge < -0.3 is 10.4 Å². The summed E-state index contributed by atoms with van der Waals surface area (Å²) in [7, 11) is 0. The Morgan fingerprint density at radius 3 is 2.50 bits per heavy atom. The van der Waals surface area contributed by atoms with Crippen molar-refractivity contribution in [3.63, 3.8) is 0 Å². The van der Waals surface area contributed by atoms with Crippen molar-refractivity contribution < 1.29 is 22.7 Å². The van der Waals surface area contributed by atoms with Crippen LogP contribution in [0.15, 0.2) is 36.5 Å². The molecule has 1 heterocycles. The zero-order valence-electron chi connectivity index (χ0n) is 10.0.